The number of amides is 1. The molecule has 1 amide bonds. The van der Waals surface area contributed by atoms with Crippen molar-refractivity contribution in [2.45, 2.75) is 32.0 Å². The molecule has 1 aromatic heterocycles. The molecule has 0 saturated carbocycles. The molecule has 1 N–H and O–H groups in total. The minimum absolute atomic E-state index is 0.0561. The van der Waals surface area contributed by atoms with E-state index < -0.39 is 0 Å². The van der Waals surface area contributed by atoms with E-state index in [1.165, 1.54) is 11.1 Å². The highest BCUT2D eigenvalue weighted by Crippen LogP contribution is 2.24. The maximum Gasteiger partial charge on any atom is 0.240 e. The van der Waals surface area contributed by atoms with Gasteiger partial charge in [-0.1, -0.05) is 24.3 Å². The quantitative estimate of drug-likeness (QED) is 0.864. The summed E-state index contributed by atoms with van der Waals surface area (Å²) < 4.78 is 0. The summed E-state index contributed by atoms with van der Waals surface area (Å²) in [5.41, 5.74) is 4.83. The smallest absolute Gasteiger partial charge is 0.240 e. The van der Waals surface area contributed by atoms with Gasteiger partial charge >= 0.3 is 0 Å². The fourth-order valence-electron chi connectivity index (χ4n) is 3.54. The third-order valence-electron chi connectivity index (χ3n) is 4.86. The molecule has 3 heterocycles. The van der Waals surface area contributed by atoms with E-state index in [9.17, 15) is 4.79 Å². The van der Waals surface area contributed by atoms with E-state index in [-0.39, 0.29) is 11.9 Å². The highest BCUT2D eigenvalue weighted by molar-refractivity contribution is 5.82. The number of hydrogen-bond acceptors (Lipinski definition) is 3. The number of benzene rings is 1. The predicted octanol–water partition coefficient (Wildman–Crippen LogP) is 1.35. The van der Waals surface area contributed by atoms with Gasteiger partial charge in [-0.3, -0.25) is 9.69 Å². The van der Waals surface area contributed by atoms with Crippen LogP contribution in [0.1, 0.15) is 22.5 Å². The number of fused-ring (bicyclic) bond motifs is 2. The van der Waals surface area contributed by atoms with Crippen LogP contribution < -0.4 is 0 Å². The molecule has 5 heteroatoms. The molecule has 4 rings (SSSR count). The lowest BCUT2D eigenvalue weighted by molar-refractivity contribution is -0.138. The Morgan fingerprint density at radius 3 is 2.95 bits per heavy atom. The zero-order chi connectivity index (χ0) is 15.1. The Labute approximate surface area is 130 Å². The Bertz CT molecular complexity index is 708. The molecule has 0 spiro atoms. The van der Waals surface area contributed by atoms with Crippen molar-refractivity contribution < 1.29 is 4.79 Å². The average molecular weight is 296 g/mol. The van der Waals surface area contributed by atoms with Crippen LogP contribution in [-0.4, -0.2) is 45.3 Å². The van der Waals surface area contributed by atoms with Crippen LogP contribution in [0.25, 0.3) is 0 Å². The minimum atomic E-state index is -0.0561. The molecule has 0 fully saturated rings. The van der Waals surface area contributed by atoms with Gasteiger partial charge in [-0.15, -0.1) is 0 Å². The lowest BCUT2D eigenvalue weighted by Crippen LogP contribution is -2.51. The number of carbonyl (C=O) groups is 1. The van der Waals surface area contributed by atoms with Crippen molar-refractivity contribution in [1.29, 1.82) is 0 Å². The minimum Gasteiger partial charge on any atom is -0.347 e. The average Bonchev–Trinajstić information content (AvgIpc) is 3.01. The first-order chi connectivity index (χ1) is 10.7. The van der Waals surface area contributed by atoms with Crippen LogP contribution in [0.5, 0.6) is 0 Å². The van der Waals surface area contributed by atoms with Crippen LogP contribution in [0.3, 0.4) is 0 Å². The molecule has 5 nitrogen and oxygen atoms in total. The van der Waals surface area contributed by atoms with Crippen molar-refractivity contribution in [1.82, 2.24) is 19.8 Å². The molecule has 2 aliphatic heterocycles. The lowest BCUT2D eigenvalue weighted by atomic mass is 9.93. The van der Waals surface area contributed by atoms with Crippen molar-refractivity contribution >= 4 is 5.91 Å². The molecule has 0 aliphatic carbocycles. The molecule has 0 radical (unpaired) electrons. The van der Waals surface area contributed by atoms with E-state index in [1.54, 1.807) is 6.33 Å². The number of hydrogen-bond donors (Lipinski definition) is 1. The van der Waals surface area contributed by atoms with Gasteiger partial charge in [-0.2, -0.15) is 0 Å². The summed E-state index contributed by atoms with van der Waals surface area (Å²) in [7, 11) is 2.05. The molecule has 114 valence electrons. The van der Waals surface area contributed by atoms with E-state index in [4.69, 9.17) is 0 Å². The second kappa shape index (κ2) is 5.25. The number of aromatic amines is 1. The molecule has 1 atom stereocenters. The SMILES string of the molecule is CN1Cc2ccccc2CC1C(=O)N1CCc2nc[nH]c2C1. The largest absolute Gasteiger partial charge is 0.347 e. The highest BCUT2D eigenvalue weighted by atomic mass is 16.2. The van der Waals surface area contributed by atoms with Gasteiger partial charge in [0.1, 0.15) is 0 Å². The number of aromatic nitrogens is 2. The summed E-state index contributed by atoms with van der Waals surface area (Å²) in [6.45, 7) is 2.26. The predicted molar refractivity (Wildman–Crippen MR) is 83.1 cm³/mol. The molecule has 0 bridgehead atoms. The first kappa shape index (κ1) is 13.5. The molecular weight excluding hydrogens is 276 g/mol. The summed E-state index contributed by atoms with van der Waals surface area (Å²) in [5, 5.41) is 0. The number of carbonyl (C=O) groups excluding carboxylic acids is 1. The molecular formula is C17H20N4O. The van der Waals surface area contributed by atoms with Crippen LogP contribution in [0.4, 0.5) is 0 Å². The second-order valence-electron chi connectivity index (χ2n) is 6.24. The van der Waals surface area contributed by atoms with E-state index in [2.05, 4.69) is 39.1 Å². The number of nitrogens with zero attached hydrogens (tertiary/aromatic N) is 3. The van der Waals surface area contributed by atoms with Crippen molar-refractivity contribution in [3.8, 4) is 0 Å². The van der Waals surface area contributed by atoms with Crippen LogP contribution in [-0.2, 0) is 30.7 Å². The molecule has 0 saturated heterocycles. The number of likely N-dealkylation sites (N-methyl/N-ethyl adjacent to an activating group) is 1. The van der Waals surface area contributed by atoms with Crippen molar-refractivity contribution in [3.05, 3.63) is 53.1 Å². The Hall–Kier alpha value is -2.14. The zero-order valence-electron chi connectivity index (χ0n) is 12.7. The van der Waals surface area contributed by atoms with Crippen molar-refractivity contribution in [2.24, 2.45) is 0 Å². The summed E-state index contributed by atoms with van der Waals surface area (Å²) in [6, 6.07) is 8.37. The van der Waals surface area contributed by atoms with E-state index >= 15 is 0 Å². The topological polar surface area (TPSA) is 52.2 Å². The van der Waals surface area contributed by atoms with Gasteiger partial charge in [-0.25, -0.2) is 4.98 Å². The molecule has 2 aromatic rings. The van der Waals surface area contributed by atoms with Crippen LogP contribution >= 0.6 is 0 Å². The van der Waals surface area contributed by atoms with Gasteiger partial charge in [0.25, 0.3) is 0 Å². The normalized spacial score (nSPS) is 21.3. The fraction of sp³-hybridized carbons (Fsp3) is 0.412. The van der Waals surface area contributed by atoms with Crippen LogP contribution in [0, 0.1) is 0 Å². The van der Waals surface area contributed by atoms with Crippen LogP contribution in [0.2, 0.25) is 0 Å². The fourth-order valence-corrected chi connectivity index (χ4v) is 3.54. The molecule has 1 aromatic carbocycles. The van der Waals surface area contributed by atoms with Gasteiger partial charge in [0, 0.05) is 19.5 Å². The summed E-state index contributed by atoms with van der Waals surface area (Å²) in [4.78, 5) is 24.6. The maximum atomic E-state index is 13.0. The van der Waals surface area contributed by atoms with Gasteiger partial charge in [0.05, 0.1) is 30.3 Å². The first-order valence-electron chi connectivity index (χ1n) is 7.79. The molecule has 1 unspecified atom stereocenters. The number of rotatable bonds is 1. The molecule has 22 heavy (non-hydrogen) atoms. The Morgan fingerprint density at radius 1 is 1.27 bits per heavy atom. The van der Waals surface area contributed by atoms with E-state index in [0.29, 0.717) is 6.54 Å². The van der Waals surface area contributed by atoms with E-state index in [1.807, 2.05) is 11.9 Å². The number of imidazole rings is 1. The second-order valence-corrected chi connectivity index (χ2v) is 6.24. The number of nitrogens with one attached hydrogen (secondary N) is 1. The summed E-state index contributed by atoms with van der Waals surface area (Å²) in [5.74, 6) is 0.234. The zero-order valence-corrected chi connectivity index (χ0v) is 12.7. The van der Waals surface area contributed by atoms with Crippen molar-refractivity contribution in [3.63, 3.8) is 0 Å². The Morgan fingerprint density at radius 2 is 2.09 bits per heavy atom. The van der Waals surface area contributed by atoms with Gasteiger partial charge in [-0.05, 0) is 24.6 Å². The van der Waals surface area contributed by atoms with Gasteiger partial charge in [0.2, 0.25) is 5.91 Å². The standard InChI is InChI=1S/C17H20N4O/c1-20-9-13-5-3-2-4-12(13)8-16(20)17(22)21-7-6-14-15(10-21)19-11-18-14/h2-5,11,16H,6-10H2,1H3,(H,18,19). The van der Waals surface area contributed by atoms with Crippen LogP contribution in [0.15, 0.2) is 30.6 Å². The Kier molecular flexibility index (Phi) is 3.22. The summed E-state index contributed by atoms with van der Waals surface area (Å²) in [6.07, 6.45) is 3.37. The maximum absolute atomic E-state index is 13.0. The third kappa shape index (κ3) is 2.22. The van der Waals surface area contributed by atoms with Gasteiger partial charge < -0.3 is 9.88 Å². The van der Waals surface area contributed by atoms with E-state index in [0.717, 1.165) is 37.3 Å². The first-order valence-corrected chi connectivity index (χ1v) is 7.79. The third-order valence-corrected chi connectivity index (χ3v) is 4.86. The lowest BCUT2D eigenvalue weighted by Gasteiger charge is -2.37. The highest BCUT2D eigenvalue weighted by Gasteiger charge is 2.33. The Balaban J connectivity index is 1.54. The summed E-state index contributed by atoms with van der Waals surface area (Å²) >= 11 is 0. The van der Waals surface area contributed by atoms with Crippen molar-refractivity contribution in [2.75, 3.05) is 13.6 Å². The number of H-pyrrole nitrogens is 1. The monoisotopic (exact) mass is 296 g/mol. The van der Waals surface area contributed by atoms with Gasteiger partial charge in [0.15, 0.2) is 0 Å². The molecule has 2 aliphatic rings.